The van der Waals surface area contributed by atoms with Crippen molar-refractivity contribution in [1.29, 1.82) is 0 Å². The molecule has 1 aliphatic heterocycles. The molecule has 0 spiro atoms. The smallest absolute Gasteiger partial charge is 0.305 e. The molecule has 12 heteroatoms. The first-order valence-electron chi connectivity index (χ1n) is 8.45. The number of urea groups is 1. The number of imide groups is 1. The van der Waals surface area contributed by atoms with Crippen molar-refractivity contribution in [3.8, 4) is 0 Å². The van der Waals surface area contributed by atoms with Crippen molar-refractivity contribution in [3.05, 3.63) is 54.1 Å². The number of aromatic nitrogens is 1. The molecule has 0 aliphatic carbocycles. The number of halogens is 4. The van der Waals surface area contributed by atoms with Gasteiger partial charge < -0.3 is 4.90 Å². The Morgan fingerprint density at radius 3 is 2.20 bits per heavy atom. The Morgan fingerprint density at radius 1 is 1.07 bits per heavy atom. The molecule has 0 bridgehead atoms. The number of hydrogen-bond donors (Lipinski definition) is 0. The molecule has 160 valence electrons. The van der Waals surface area contributed by atoms with Crippen LogP contribution >= 0.6 is 0 Å². The van der Waals surface area contributed by atoms with Crippen LogP contribution < -0.4 is 4.90 Å². The molecular formula is C18H15F4N3O4S. The van der Waals surface area contributed by atoms with Gasteiger partial charge in [0.05, 0.1) is 10.6 Å². The van der Waals surface area contributed by atoms with Crippen molar-refractivity contribution in [2.24, 2.45) is 0 Å². The first-order chi connectivity index (χ1) is 13.8. The van der Waals surface area contributed by atoms with Crippen molar-refractivity contribution in [2.45, 2.75) is 36.3 Å². The molecule has 7 nitrogen and oxygen atoms in total. The molecule has 1 saturated heterocycles. The normalized spacial score (nSPS) is 17.0. The molecule has 1 fully saturated rings. The van der Waals surface area contributed by atoms with Crippen molar-refractivity contribution >= 4 is 27.5 Å². The Kier molecular flexibility index (Phi) is 5.09. The molecule has 0 N–H and O–H groups in total. The third kappa shape index (κ3) is 3.51. The van der Waals surface area contributed by atoms with Crippen molar-refractivity contribution in [1.82, 2.24) is 9.88 Å². The van der Waals surface area contributed by atoms with Gasteiger partial charge in [-0.05, 0) is 55.8 Å². The molecule has 0 atom stereocenters. The van der Waals surface area contributed by atoms with E-state index in [9.17, 15) is 35.6 Å². The molecule has 0 unspecified atom stereocenters. The van der Waals surface area contributed by atoms with E-state index in [0.717, 1.165) is 23.1 Å². The van der Waals surface area contributed by atoms with Crippen molar-refractivity contribution < 1.29 is 35.6 Å². The van der Waals surface area contributed by atoms with Crippen molar-refractivity contribution in [2.75, 3.05) is 4.90 Å². The molecular weight excluding hydrogens is 430 g/mol. The number of rotatable bonds is 4. The zero-order chi connectivity index (χ0) is 22.5. The summed E-state index contributed by atoms with van der Waals surface area (Å²) in [6.07, 6.45) is 1.21. The van der Waals surface area contributed by atoms with Crippen LogP contribution in [0.1, 0.15) is 19.4 Å². The zero-order valence-electron chi connectivity index (χ0n) is 15.6. The highest BCUT2D eigenvalue weighted by Gasteiger charge is 2.52. The van der Waals surface area contributed by atoms with Crippen LogP contribution in [0.25, 0.3) is 0 Å². The predicted octanol–water partition coefficient (Wildman–Crippen LogP) is 3.26. The second kappa shape index (κ2) is 7.04. The maximum Gasteiger partial charge on any atom is 0.501 e. The van der Waals surface area contributed by atoms with Gasteiger partial charge in [0, 0.05) is 12.7 Å². The van der Waals surface area contributed by atoms with Crippen LogP contribution in [0.15, 0.2) is 47.5 Å². The van der Waals surface area contributed by atoms with Gasteiger partial charge in [0.25, 0.3) is 15.7 Å². The third-order valence-corrected chi connectivity index (χ3v) is 6.17. The monoisotopic (exact) mass is 445 g/mol. The molecule has 0 radical (unpaired) electrons. The molecule has 3 amide bonds. The fraction of sp³-hybridized carbons (Fsp3) is 0.278. The fourth-order valence-electron chi connectivity index (χ4n) is 2.96. The Hall–Kier alpha value is -3.02. The molecule has 30 heavy (non-hydrogen) atoms. The highest BCUT2D eigenvalue weighted by atomic mass is 32.2. The number of hydrogen-bond acceptors (Lipinski definition) is 5. The Morgan fingerprint density at radius 2 is 1.67 bits per heavy atom. The van der Waals surface area contributed by atoms with E-state index < -0.39 is 43.7 Å². The van der Waals surface area contributed by atoms with E-state index in [4.69, 9.17) is 0 Å². The lowest BCUT2D eigenvalue weighted by molar-refractivity contribution is -0.123. The minimum Gasteiger partial charge on any atom is -0.305 e. The van der Waals surface area contributed by atoms with E-state index in [0.29, 0.717) is 17.7 Å². The van der Waals surface area contributed by atoms with Gasteiger partial charge in [-0.3, -0.25) is 4.79 Å². The number of pyridine rings is 1. The molecule has 0 saturated carbocycles. The van der Waals surface area contributed by atoms with Gasteiger partial charge in [-0.25, -0.2) is 23.1 Å². The third-order valence-electron chi connectivity index (χ3n) is 4.67. The first kappa shape index (κ1) is 21.7. The van der Waals surface area contributed by atoms with Gasteiger partial charge in [-0.1, -0.05) is 0 Å². The lowest BCUT2D eigenvalue weighted by atomic mass is 10.0. The largest absolute Gasteiger partial charge is 0.501 e. The standard InChI is InChI=1S/C18H15F4N3O4S/c1-17(2)15(26)25(16(27)24(17)10-11-7-8-23-14(19)9-11)12-3-5-13(6-4-12)30(28,29)18(20,21)22/h3-9H,10H2,1-2H3. The summed E-state index contributed by atoms with van der Waals surface area (Å²) in [5.74, 6) is -1.44. The summed E-state index contributed by atoms with van der Waals surface area (Å²) in [6, 6.07) is 5.02. The summed E-state index contributed by atoms with van der Waals surface area (Å²) in [7, 11) is -5.56. The number of anilines is 1. The maximum atomic E-state index is 13.3. The van der Waals surface area contributed by atoms with Crippen LogP contribution in [0.5, 0.6) is 0 Å². The van der Waals surface area contributed by atoms with Gasteiger partial charge in [0.1, 0.15) is 5.54 Å². The van der Waals surface area contributed by atoms with Gasteiger partial charge in [-0.15, -0.1) is 0 Å². The van der Waals surface area contributed by atoms with E-state index in [1.165, 1.54) is 31.0 Å². The highest BCUT2D eigenvalue weighted by Crippen LogP contribution is 2.35. The minimum absolute atomic E-state index is 0.0948. The lowest BCUT2D eigenvalue weighted by Crippen LogP contribution is -2.43. The number of nitrogens with zero attached hydrogens (tertiary/aromatic N) is 3. The average Bonchev–Trinajstić information content (AvgIpc) is 2.81. The number of carbonyl (C=O) groups is 2. The molecule has 1 aliphatic rings. The number of carbonyl (C=O) groups excluding carboxylic acids is 2. The zero-order valence-corrected chi connectivity index (χ0v) is 16.5. The van der Waals surface area contributed by atoms with E-state index in [1.54, 1.807) is 0 Å². The van der Waals surface area contributed by atoms with Crippen LogP contribution in [-0.2, 0) is 21.2 Å². The van der Waals surface area contributed by atoms with Crippen LogP contribution in [0.3, 0.4) is 0 Å². The second-order valence-corrected chi connectivity index (χ2v) is 8.94. The molecule has 1 aromatic heterocycles. The quantitative estimate of drug-likeness (QED) is 0.410. The van der Waals surface area contributed by atoms with Crippen molar-refractivity contribution in [3.63, 3.8) is 0 Å². The number of amides is 3. The van der Waals surface area contributed by atoms with Crippen LogP contribution in [0, 0.1) is 5.95 Å². The predicted molar refractivity (Wildman–Crippen MR) is 96.4 cm³/mol. The van der Waals surface area contributed by atoms with Gasteiger partial charge >= 0.3 is 11.5 Å². The fourth-order valence-corrected chi connectivity index (χ4v) is 3.72. The molecule has 2 heterocycles. The molecule has 1 aromatic carbocycles. The topological polar surface area (TPSA) is 87.7 Å². The van der Waals surface area contributed by atoms with E-state index >= 15 is 0 Å². The van der Waals surface area contributed by atoms with E-state index in [1.807, 2.05) is 0 Å². The molecule has 3 rings (SSSR count). The SMILES string of the molecule is CC1(C)C(=O)N(c2ccc(S(=O)(=O)C(F)(F)F)cc2)C(=O)N1Cc1ccnc(F)c1. The van der Waals surface area contributed by atoms with E-state index in [-0.39, 0.29) is 12.2 Å². The first-order valence-corrected chi connectivity index (χ1v) is 9.93. The van der Waals surface area contributed by atoms with E-state index in [2.05, 4.69) is 4.98 Å². The Labute approximate surface area is 168 Å². The maximum absolute atomic E-state index is 13.3. The van der Waals surface area contributed by atoms with Crippen LogP contribution in [0.4, 0.5) is 28.0 Å². The summed E-state index contributed by atoms with van der Waals surface area (Å²) in [5.41, 5.74) is -6.53. The van der Waals surface area contributed by atoms with Gasteiger partial charge in [0.15, 0.2) is 0 Å². The average molecular weight is 445 g/mol. The Balaban J connectivity index is 1.93. The van der Waals surface area contributed by atoms with Gasteiger partial charge in [0.2, 0.25) is 5.95 Å². The number of benzene rings is 1. The highest BCUT2D eigenvalue weighted by molar-refractivity contribution is 7.92. The Bertz CT molecular complexity index is 1110. The summed E-state index contributed by atoms with van der Waals surface area (Å²) in [6.45, 7) is 2.81. The summed E-state index contributed by atoms with van der Waals surface area (Å²) < 4.78 is 74.4. The number of alkyl halides is 3. The number of sulfone groups is 1. The summed E-state index contributed by atoms with van der Waals surface area (Å²) in [4.78, 5) is 30.0. The second-order valence-electron chi connectivity index (χ2n) is 7.00. The summed E-state index contributed by atoms with van der Waals surface area (Å²) >= 11 is 0. The van der Waals surface area contributed by atoms with Crippen LogP contribution in [0.2, 0.25) is 0 Å². The lowest BCUT2D eigenvalue weighted by Gasteiger charge is -2.27. The van der Waals surface area contributed by atoms with Gasteiger partial charge in [-0.2, -0.15) is 17.6 Å². The molecule has 2 aromatic rings. The van der Waals surface area contributed by atoms with Crippen LogP contribution in [-0.4, -0.2) is 41.3 Å². The minimum atomic E-state index is -5.56. The summed E-state index contributed by atoms with van der Waals surface area (Å²) in [5, 5.41) is 0.